The third-order valence-electron chi connectivity index (χ3n) is 2.87. The maximum absolute atomic E-state index is 2.23. The molecule has 0 aromatic rings. The van der Waals surface area contributed by atoms with Gasteiger partial charge in [0, 0.05) is 0 Å². The highest BCUT2D eigenvalue weighted by atomic mass is 16.0. The van der Waals surface area contributed by atoms with Crippen molar-refractivity contribution in [3.8, 4) is 0 Å². The summed E-state index contributed by atoms with van der Waals surface area (Å²) >= 11 is 0. The number of rotatable bonds is 9. The predicted octanol–water partition coefficient (Wildman–Crippen LogP) is 6.94. The fraction of sp³-hybridized carbons (Fsp3) is 1.00. The van der Waals surface area contributed by atoms with Crippen LogP contribution >= 0.6 is 0 Å². The summed E-state index contributed by atoms with van der Waals surface area (Å²) in [6.07, 6.45) is 16.6. The fourth-order valence-electron chi connectivity index (χ4n) is 1.50. The molecule has 0 aromatic carbocycles. The quantitative estimate of drug-likeness (QED) is 0.409. The Balaban J connectivity index is -0.0000000865. The van der Waals surface area contributed by atoms with Gasteiger partial charge >= 0.3 is 0 Å². The van der Waals surface area contributed by atoms with Gasteiger partial charge in [-0.2, -0.15) is 0 Å². The Labute approximate surface area is 124 Å². The first-order chi connectivity index (χ1) is 8.74. The molecule has 0 atom stereocenters. The van der Waals surface area contributed by atoms with Crippen molar-refractivity contribution in [1.29, 1.82) is 0 Å². The zero-order valence-corrected chi connectivity index (χ0v) is 15.0. The minimum atomic E-state index is 0. The van der Waals surface area contributed by atoms with E-state index in [0.717, 1.165) is 0 Å². The van der Waals surface area contributed by atoms with E-state index in [1.807, 2.05) is 0 Å². The second-order valence-corrected chi connectivity index (χ2v) is 5.12. The third kappa shape index (κ3) is 57.0. The van der Waals surface area contributed by atoms with Gasteiger partial charge < -0.3 is 5.48 Å². The van der Waals surface area contributed by atoms with Crippen LogP contribution in [-0.4, -0.2) is 5.48 Å². The van der Waals surface area contributed by atoms with E-state index in [1.165, 1.54) is 77.0 Å². The van der Waals surface area contributed by atoms with Crippen LogP contribution in [0.4, 0.5) is 0 Å². The normalized spacial score (nSPS) is 8.53. The summed E-state index contributed by atoms with van der Waals surface area (Å²) in [6, 6.07) is 0. The zero-order valence-electron chi connectivity index (χ0n) is 15.0. The van der Waals surface area contributed by atoms with Gasteiger partial charge in [-0.15, -0.1) is 0 Å². The zero-order chi connectivity index (χ0) is 14.5. The summed E-state index contributed by atoms with van der Waals surface area (Å²) in [5, 5.41) is 0. The molecule has 0 aliphatic heterocycles. The van der Waals surface area contributed by atoms with Crippen LogP contribution < -0.4 is 0 Å². The summed E-state index contributed by atoms with van der Waals surface area (Å²) in [5.74, 6) is 0. The first kappa shape index (κ1) is 27.3. The topological polar surface area (TPSA) is 31.5 Å². The van der Waals surface area contributed by atoms with Crippen LogP contribution in [0.1, 0.15) is 119 Å². The standard InChI is InChI=1S/3C6H14.H2O/c3*1-3-5-6-4-2;/h3*3-6H2,1-2H3;1H2. The van der Waals surface area contributed by atoms with Crippen LogP contribution in [0.3, 0.4) is 0 Å². The highest BCUT2D eigenvalue weighted by Gasteiger charge is 1.76. The molecule has 0 unspecified atom stereocenters. The van der Waals surface area contributed by atoms with Gasteiger partial charge in [-0.05, 0) is 0 Å². The van der Waals surface area contributed by atoms with E-state index < -0.39 is 0 Å². The molecule has 0 bridgehead atoms. The summed E-state index contributed by atoms with van der Waals surface area (Å²) in [5.41, 5.74) is 0. The third-order valence-corrected chi connectivity index (χ3v) is 2.87. The van der Waals surface area contributed by atoms with Gasteiger partial charge in [0.05, 0.1) is 0 Å². The lowest BCUT2D eigenvalue weighted by Gasteiger charge is -1.86. The van der Waals surface area contributed by atoms with Gasteiger partial charge in [0.1, 0.15) is 0 Å². The molecule has 0 heterocycles. The molecule has 0 radical (unpaired) electrons. The molecule has 0 rings (SSSR count). The molecule has 1 nitrogen and oxygen atoms in total. The molecule has 122 valence electrons. The molecule has 0 spiro atoms. The summed E-state index contributed by atoms with van der Waals surface area (Å²) in [6.45, 7) is 13.4. The largest absolute Gasteiger partial charge is 0.412 e. The second kappa shape index (κ2) is 36.1. The molecule has 19 heavy (non-hydrogen) atoms. The predicted molar refractivity (Wildman–Crippen MR) is 93.1 cm³/mol. The van der Waals surface area contributed by atoms with E-state index in [0.29, 0.717) is 0 Å². The van der Waals surface area contributed by atoms with Gasteiger partial charge in [-0.25, -0.2) is 0 Å². The van der Waals surface area contributed by atoms with Crippen LogP contribution in [0.15, 0.2) is 0 Å². The average Bonchev–Trinajstić information content (AvgIpc) is 2.42. The van der Waals surface area contributed by atoms with Crippen molar-refractivity contribution in [2.45, 2.75) is 119 Å². The van der Waals surface area contributed by atoms with Crippen molar-refractivity contribution < 1.29 is 5.48 Å². The van der Waals surface area contributed by atoms with E-state index in [4.69, 9.17) is 0 Å². The summed E-state index contributed by atoms with van der Waals surface area (Å²) < 4.78 is 0. The van der Waals surface area contributed by atoms with Crippen LogP contribution in [0.25, 0.3) is 0 Å². The first-order valence-corrected chi connectivity index (χ1v) is 8.74. The Hall–Kier alpha value is -0.0400. The van der Waals surface area contributed by atoms with Crippen molar-refractivity contribution in [3.05, 3.63) is 0 Å². The molecular formula is C18H44O. The Bertz CT molecular complexity index is 60.7. The minimum Gasteiger partial charge on any atom is -0.412 e. The Morgan fingerprint density at radius 2 is 0.421 bits per heavy atom. The van der Waals surface area contributed by atoms with Crippen LogP contribution in [0.2, 0.25) is 0 Å². The second-order valence-electron chi connectivity index (χ2n) is 5.12. The van der Waals surface area contributed by atoms with Crippen molar-refractivity contribution in [3.63, 3.8) is 0 Å². The molecule has 0 aromatic heterocycles. The van der Waals surface area contributed by atoms with Crippen LogP contribution in [-0.2, 0) is 0 Å². The minimum absolute atomic E-state index is 0. The smallest absolute Gasteiger partial charge is 0.0536 e. The molecule has 0 aliphatic rings. The number of hydrogen-bond donors (Lipinski definition) is 0. The average molecular weight is 277 g/mol. The highest BCUT2D eigenvalue weighted by molar-refractivity contribution is 4.32. The van der Waals surface area contributed by atoms with Gasteiger partial charge in [0.25, 0.3) is 0 Å². The first-order valence-electron chi connectivity index (χ1n) is 8.74. The summed E-state index contributed by atoms with van der Waals surface area (Å²) in [4.78, 5) is 0. The van der Waals surface area contributed by atoms with Crippen molar-refractivity contribution >= 4 is 0 Å². The fourth-order valence-corrected chi connectivity index (χ4v) is 1.50. The van der Waals surface area contributed by atoms with Gasteiger partial charge in [-0.3, -0.25) is 0 Å². The Morgan fingerprint density at radius 1 is 0.316 bits per heavy atom. The number of unbranched alkanes of at least 4 members (excludes halogenated alkanes) is 9. The van der Waals surface area contributed by atoms with E-state index >= 15 is 0 Å². The van der Waals surface area contributed by atoms with E-state index in [9.17, 15) is 0 Å². The van der Waals surface area contributed by atoms with Crippen LogP contribution in [0, 0.1) is 0 Å². The van der Waals surface area contributed by atoms with Crippen molar-refractivity contribution in [2.75, 3.05) is 0 Å². The SMILES string of the molecule is CCCCCC.CCCCCC.CCCCCC.O. The molecule has 0 saturated heterocycles. The lowest BCUT2D eigenvalue weighted by atomic mass is 10.2. The molecule has 1 heteroatoms. The summed E-state index contributed by atoms with van der Waals surface area (Å²) in [7, 11) is 0. The maximum Gasteiger partial charge on any atom is -0.0536 e. The molecule has 0 saturated carbocycles. The monoisotopic (exact) mass is 276 g/mol. The van der Waals surface area contributed by atoms with Gasteiger partial charge in [-0.1, -0.05) is 119 Å². The molecule has 0 amide bonds. The molecule has 0 aliphatic carbocycles. The highest BCUT2D eigenvalue weighted by Crippen LogP contribution is 1.96. The van der Waals surface area contributed by atoms with E-state index in [-0.39, 0.29) is 5.48 Å². The van der Waals surface area contributed by atoms with Crippen molar-refractivity contribution in [1.82, 2.24) is 0 Å². The molecule has 0 fully saturated rings. The van der Waals surface area contributed by atoms with Gasteiger partial charge in [0.2, 0.25) is 0 Å². The van der Waals surface area contributed by atoms with Crippen LogP contribution in [0.5, 0.6) is 0 Å². The lowest BCUT2D eigenvalue weighted by Crippen LogP contribution is -1.66. The van der Waals surface area contributed by atoms with Crippen molar-refractivity contribution in [2.24, 2.45) is 0 Å². The number of hydrogen-bond acceptors (Lipinski definition) is 0. The van der Waals surface area contributed by atoms with E-state index in [1.54, 1.807) is 0 Å². The van der Waals surface area contributed by atoms with E-state index in [2.05, 4.69) is 41.5 Å². The molecule has 2 N–H and O–H groups in total. The lowest BCUT2D eigenvalue weighted by molar-refractivity contribution is 0.702. The Kier molecular flexibility index (Phi) is 51.9. The maximum atomic E-state index is 2.23. The van der Waals surface area contributed by atoms with Gasteiger partial charge in [0.15, 0.2) is 0 Å². The molecular weight excluding hydrogens is 232 g/mol. The Morgan fingerprint density at radius 3 is 0.474 bits per heavy atom.